The summed E-state index contributed by atoms with van der Waals surface area (Å²) in [5.41, 5.74) is 5.34. The summed E-state index contributed by atoms with van der Waals surface area (Å²) in [4.78, 5) is 11.1. The van der Waals surface area contributed by atoms with Crippen LogP contribution in [0.2, 0.25) is 0 Å². The molecular weight excluding hydrogens is 174 g/mol. The molecule has 0 fully saturated rings. The molecule has 0 saturated carbocycles. The molecule has 0 aliphatic carbocycles. The van der Waals surface area contributed by atoms with Crippen LogP contribution in [0.1, 0.15) is 53.4 Å². The number of nitrogens with two attached hydrogens (primary N) is 1. The molecule has 0 heterocycles. The van der Waals surface area contributed by atoms with Crippen LogP contribution in [0, 0.1) is 17.8 Å². The number of amides is 1. The maximum absolute atomic E-state index is 11.1. The summed E-state index contributed by atoms with van der Waals surface area (Å²) >= 11 is 0. The summed E-state index contributed by atoms with van der Waals surface area (Å²) in [7, 11) is 0. The van der Waals surface area contributed by atoms with Crippen molar-refractivity contribution in [2.75, 3.05) is 0 Å². The molecule has 0 spiro atoms. The second-order valence-electron chi connectivity index (χ2n) is 4.93. The zero-order valence-electron chi connectivity index (χ0n) is 10.0. The fraction of sp³-hybridized carbons (Fsp3) is 0.917. The van der Waals surface area contributed by atoms with Crippen molar-refractivity contribution in [2.24, 2.45) is 23.5 Å². The Hall–Kier alpha value is -0.530. The van der Waals surface area contributed by atoms with Crippen molar-refractivity contribution in [2.45, 2.75) is 53.4 Å². The third kappa shape index (κ3) is 6.01. The van der Waals surface area contributed by atoms with E-state index in [1.807, 2.05) is 0 Å². The van der Waals surface area contributed by atoms with E-state index in [1.54, 1.807) is 0 Å². The van der Waals surface area contributed by atoms with Gasteiger partial charge < -0.3 is 5.73 Å². The Labute approximate surface area is 88.3 Å². The van der Waals surface area contributed by atoms with Crippen molar-refractivity contribution < 1.29 is 4.79 Å². The van der Waals surface area contributed by atoms with Crippen LogP contribution in [-0.4, -0.2) is 5.91 Å². The van der Waals surface area contributed by atoms with Gasteiger partial charge in [-0.2, -0.15) is 0 Å². The summed E-state index contributed by atoms with van der Waals surface area (Å²) in [6, 6.07) is 0. The lowest BCUT2D eigenvalue weighted by Crippen LogP contribution is -2.27. The highest BCUT2D eigenvalue weighted by Gasteiger charge is 2.18. The minimum atomic E-state index is -0.135. The van der Waals surface area contributed by atoms with Crippen molar-refractivity contribution >= 4 is 5.91 Å². The molecule has 0 aromatic carbocycles. The van der Waals surface area contributed by atoms with Gasteiger partial charge in [-0.05, 0) is 18.3 Å². The molecule has 14 heavy (non-hydrogen) atoms. The molecule has 84 valence electrons. The first-order chi connectivity index (χ1) is 6.45. The largest absolute Gasteiger partial charge is 0.369 e. The number of carbonyl (C=O) groups is 1. The molecule has 2 heteroatoms. The van der Waals surface area contributed by atoms with E-state index in [0.29, 0.717) is 5.92 Å². The van der Waals surface area contributed by atoms with E-state index in [-0.39, 0.29) is 11.8 Å². The average molecular weight is 199 g/mol. The van der Waals surface area contributed by atoms with Gasteiger partial charge in [-0.25, -0.2) is 0 Å². The summed E-state index contributed by atoms with van der Waals surface area (Å²) in [6.07, 6.45) is 4.56. The van der Waals surface area contributed by atoms with Crippen molar-refractivity contribution in [1.29, 1.82) is 0 Å². The third-order valence-electron chi connectivity index (χ3n) is 2.72. The van der Waals surface area contributed by atoms with Crippen LogP contribution in [0.25, 0.3) is 0 Å². The molecule has 0 bridgehead atoms. The van der Waals surface area contributed by atoms with Gasteiger partial charge in [0.2, 0.25) is 5.91 Å². The minimum absolute atomic E-state index is 0.0714. The van der Waals surface area contributed by atoms with Crippen molar-refractivity contribution in [1.82, 2.24) is 0 Å². The van der Waals surface area contributed by atoms with Crippen LogP contribution in [0.3, 0.4) is 0 Å². The van der Waals surface area contributed by atoms with Crippen molar-refractivity contribution in [3.05, 3.63) is 0 Å². The molecule has 0 aromatic rings. The van der Waals surface area contributed by atoms with Gasteiger partial charge in [-0.3, -0.25) is 4.79 Å². The minimum Gasteiger partial charge on any atom is -0.369 e. The Morgan fingerprint density at radius 2 is 1.57 bits per heavy atom. The molecule has 0 radical (unpaired) electrons. The van der Waals surface area contributed by atoms with Gasteiger partial charge in [-0.15, -0.1) is 0 Å². The van der Waals surface area contributed by atoms with E-state index in [4.69, 9.17) is 5.73 Å². The molecule has 2 N–H and O–H groups in total. The lowest BCUT2D eigenvalue weighted by atomic mass is 9.89. The monoisotopic (exact) mass is 199 g/mol. The normalized spacial score (nSPS) is 13.6. The van der Waals surface area contributed by atoms with Crippen LogP contribution in [0.5, 0.6) is 0 Å². The highest BCUT2D eigenvalue weighted by molar-refractivity contribution is 5.76. The second kappa shape index (κ2) is 6.86. The molecule has 2 nitrogen and oxygen atoms in total. The zero-order chi connectivity index (χ0) is 11.1. The van der Waals surface area contributed by atoms with Crippen LogP contribution in [-0.2, 0) is 4.79 Å². The van der Waals surface area contributed by atoms with Crippen LogP contribution < -0.4 is 5.73 Å². The summed E-state index contributed by atoms with van der Waals surface area (Å²) < 4.78 is 0. The van der Waals surface area contributed by atoms with Crippen LogP contribution in [0.15, 0.2) is 0 Å². The predicted molar refractivity (Wildman–Crippen MR) is 60.8 cm³/mol. The first kappa shape index (κ1) is 13.5. The average Bonchev–Trinajstić information content (AvgIpc) is 2.01. The second-order valence-corrected chi connectivity index (χ2v) is 4.93. The molecule has 0 aliphatic rings. The summed E-state index contributed by atoms with van der Waals surface area (Å²) in [5.74, 6) is 1.08. The molecule has 0 unspecified atom stereocenters. The predicted octanol–water partition coefficient (Wildman–Crippen LogP) is 2.96. The van der Waals surface area contributed by atoms with E-state index < -0.39 is 0 Å². The third-order valence-corrected chi connectivity index (χ3v) is 2.72. The lowest BCUT2D eigenvalue weighted by Gasteiger charge is -2.17. The molecule has 1 amide bonds. The van der Waals surface area contributed by atoms with Gasteiger partial charge in [0, 0.05) is 5.92 Å². The van der Waals surface area contributed by atoms with Crippen molar-refractivity contribution in [3.63, 3.8) is 0 Å². The Morgan fingerprint density at radius 1 is 1.07 bits per heavy atom. The Kier molecular flexibility index (Phi) is 6.60. The van der Waals surface area contributed by atoms with Crippen LogP contribution >= 0.6 is 0 Å². The zero-order valence-corrected chi connectivity index (χ0v) is 10.0. The van der Waals surface area contributed by atoms with Gasteiger partial charge in [-0.1, -0.05) is 47.0 Å². The molecule has 1 atom stereocenters. The fourth-order valence-corrected chi connectivity index (χ4v) is 1.72. The quantitative estimate of drug-likeness (QED) is 0.629. The number of rotatable bonds is 7. The molecule has 0 rings (SSSR count). The van der Waals surface area contributed by atoms with Gasteiger partial charge in [0.15, 0.2) is 0 Å². The number of hydrogen-bond acceptors (Lipinski definition) is 1. The van der Waals surface area contributed by atoms with E-state index in [0.717, 1.165) is 18.8 Å². The SMILES string of the molecule is CC(C)CCCC[C@@H](C(N)=O)C(C)C. The Morgan fingerprint density at radius 3 is 1.93 bits per heavy atom. The van der Waals surface area contributed by atoms with E-state index in [2.05, 4.69) is 27.7 Å². The Bertz CT molecular complexity index is 164. The van der Waals surface area contributed by atoms with E-state index in [9.17, 15) is 4.79 Å². The number of primary amides is 1. The molecular formula is C12H25NO. The topological polar surface area (TPSA) is 43.1 Å². The standard InChI is InChI=1S/C12H25NO/c1-9(2)7-5-6-8-11(10(3)4)12(13)14/h9-11H,5-8H2,1-4H3,(H2,13,14)/t11-/m1/s1. The molecule has 0 aliphatic heterocycles. The van der Waals surface area contributed by atoms with E-state index in [1.165, 1.54) is 12.8 Å². The van der Waals surface area contributed by atoms with Gasteiger partial charge in [0.25, 0.3) is 0 Å². The molecule has 0 saturated heterocycles. The molecule has 0 aromatic heterocycles. The Balaban J connectivity index is 3.67. The highest BCUT2D eigenvalue weighted by Crippen LogP contribution is 2.19. The fourth-order valence-electron chi connectivity index (χ4n) is 1.72. The van der Waals surface area contributed by atoms with Gasteiger partial charge in [0.1, 0.15) is 0 Å². The maximum atomic E-state index is 11.1. The van der Waals surface area contributed by atoms with E-state index >= 15 is 0 Å². The van der Waals surface area contributed by atoms with Gasteiger partial charge in [0.05, 0.1) is 0 Å². The van der Waals surface area contributed by atoms with Crippen LogP contribution in [0.4, 0.5) is 0 Å². The first-order valence-corrected chi connectivity index (χ1v) is 5.74. The van der Waals surface area contributed by atoms with Gasteiger partial charge >= 0.3 is 0 Å². The summed E-state index contributed by atoms with van der Waals surface area (Å²) in [6.45, 7) is 8.60. The number of hydrogen-bond donors (Lipinski definition) is 1. The number of unbranched alkanes of at least 4 members (excludes halogenated alkanes) is 1. The number of carbonyl (C=O) groups excluding carboxylic acids is 1. The summed E-state index contributed by atoms with van der Waals surface area (Å²) in [5, 5.41) is 0. The maximum Gasteiger partial charge on any atom is 0.220 e. The lowest BCUT2D eigenvalue weighted by molar-refractivity contribution is -0.123. The first-order valence-electron chi connectivity index (χ1n) is 5.74. The highest BCUT2D eigenvalue weighted by atomic mass is 16.1. The van der Waals surface area contributed by atoms with Crippen molar-refractivity contribution in [3.8, 4) is 0 Å². The smallest absolute Gasteiger partial charge is 0.220 e.